The minimum Gasteiger partial charge on any atom is -0.319 e. The Balaban J connectivity index is 2.28. The summed E-state index contributed by atoms with van der Waals surface area (Å²) in [7, 11) is 1.96. The highest BCUT2D eigenvalue weighted by molar-refractivity contribution is 9.10. The van der Waals surface area contributed by atoms with Gasteiger partial charge in [0.05, 0.1) is 0 Å². The summed E-state index contributed by atoms with van der Waals surface area (Å²) in [5.74, 6) is 0.171. The molecule has 2 aromatic rings. The molecule has 0 fully saturated rings. The molecule has 0 spiro atoms. The molecule has 106 valence electrons. The molecule has 0 aliphatic carbocycles. The second kappa shape index (κ2) is 7.00. The van der Waals surface area contributed by atoms with Crippen LogP contribution in [0.3, 0.4) is 0 Å². The van der Waals surface area contributed by atoms with Crippen molar-refractivity contribution >= 4 is 15.9 Å². The Kier molecular flexibility index (Phi) is 5.32. The van der Waals surface area contributed by atoms with Crippen LogP contribution in [-0.4, -0.2) is 13.6 Å². The number of rotatable bonds is 5. The van der Waals surface area contributed by atoms with Crippen molar-refractivity contribution in [2.45, 2.75) is 19.3 Å². The van der Waals surface area contributed by atoms with Crippen LogP contribution >= 0.6 is 15.9 Å². The van der Waals surface area contributed by atoms with Gasteiger partial charge in [0.2, 0.25) is 0 Å². The van der Waals surface area contributed by atoms with E-state index in [0.29, 0.717) is 5.92 Å². The lowest BCUT2D eigenvalue weighted by Gasteiger charge is -2.20. The molecule has 0 aliphatic rings. The molecular weight excluding hydrogens is 317 g/mol. The van der Waals surface area contributed by atoms with Crippen molar-refractivity contribution in [2.24, 2.45) is 0 Å². The third kappa shape index (κ3) is 3.68. The molecule has 0 saturated heterocycles. The number of hydrogen-bond acceptors (Lipinski definition) is 1. The van der Waals surface area contributed by atoms with Gasteiger partial charge in [-0.25, -0.2) is 4.39 Å². The molecule has 0 bridgehead atoms. The summed E-state index contributed by atoms with van der Waals surface area (Å²) in [5.41, 5.74) is 3.78. The van der Waals surface area contributed by atoms with Crippen LogP contribution in [-0.2, 0) is 6.42 Å². The molecule has 20 heavy (non-hydrogen) atoms. The van der Waals surface area contributed by atoms with Crippen molar-refractivity contribution in [3.63, 3.8) is 0 Å². The van der Waals surface area contributed by atoms with Crippen LogP contribution in [0, 0.1) is 12.7 Å². The van der Waals surface area contributed by atoms with E-state index in [9.17, 15) is 4.39 Å². The first-order valence-corrected chi connectivity index (χ1v) is 7.55. The topological polar surface area (TPSA) is 12.0 Å². The molecule has 3 heteroatoms. The Morgan fingerprint density at radius 2 is 1.95 bits per heavy atom. The first kappa shape index (κ1) is 15.2. The fraction of sp³-hybridized carbons (Fsp3) is 0.294. The van der Waals surface area contributed by atoms with Gasteiger partial charge in [-0.3, -0.25) is 0 Å². The van der Waals surface area contributed by atoms with Gasteiger partial charge in [-0.1, -0.05) is 46.3 Å². The van der Waals surface area contributed by atoms with Crippen molar-refractivity contribution in [2.75, 3.05) is 13.6 Å². The third-order valence-corrected chi connectivity index (χ3v) is 4.30. The van der Waals surface area contributed by atoms with Gasteiger partial charge in [-0.15, -0.1) is 0 Å². The van der Waals surface area contributed by atoms with Crippen molar-refractivity contribution in [3.8, 4) is 0 Å². The van der Waals surface area contributed by atoms with Gasteiger partial charge in [0.25, 0.3) is 0 Å². The second-order valence-corrected chi connectivity index (χ2v) is 5.91. The average Bonchev–Trinajstić information content (AvgIpc) is 2.42. The molecule has 2 aromatic carbocycles. The summed E-state index contributed by atoms with van der Waals surface area (Å²) >= 11 is 3.46. The van der Waals surface area contributed by atoms with Crippen molar-refractivity contribution in [1.82, 2.24) is 5.32 Å². The molecule has 2 rings (SSSR count). The summed E-state index contributed by atoms with van der Waals surface area (Å²) < 4.78 is 14.0. The Hall–Kier alpha value is -1.19. The largest absolute Gasteiger partial charge is 0.319 e. The monoisotopic (exact) mass is 335 g/mol. The van der Waals surface area contributed by atoms with Crippen LogP contribution in [0.5, 0.6) is 0 Å². The number of hydrogen-bond donors (Lipinski definition) is 1. The summed E-state index contributed by atoms with van der Waals surface area (Å²) in [6.07, 6.45) is 0.882. The maximum atomic E-state index is 13.2. The number of halogens is 2. The highest BCUT2D eigenvalue weighted by Gasteiger charge is 2.15. The molecule has 0 heterocycles. The van der Waals surface area contributed by atoms with E-state index in [1.807, 2.05) is 13.1 Å². The van der Waals surface area contributed by atoms with Gasteiger partial charge < -0.3 is 5.32 Å². The predicted molar refractivity (Wildman–Crippen MR) is 85.7 cm³/mol. The van der Waals surface area contributed by atoms with Gasteiger partial charge in [-0.05, 0) is 49.2 Å². The quantitative estimate of drug-likeness (QED) is 0.851. The summed E-state index contributed by atoms with van der Waals surface area (Å²) in [6.45, 7) is 3.03. The second-order valence-electron chi connectivity index (χ2n) is 5.05. The maximum absolute atomic E-state index is 13.2. The first-order valence-electron chi connectivity index (χ1n) is 6.76. The van der Waals surface area contributed by atoms with E-state index in [0.717, 1.165) is 23.0 Å². The molecule has 0 amide bonds. The standard InChI is InChI=1S/C17H19BrFN/c1-12-5-3-4-6-16(12)14(11-20-2)9-13-7-8-15(19)10-17(13)18/h3-8,10,14,20H,9,11H2,1-2H3. The lowest BCUT2D eigenvalue weighted by Crippen LogP contribution is -2.20. The minimum absolute atomic E-state index is 0.207. The van der Waals surface area contributed by atoms with Crippen LogP contribution in [0.4, 0.5) is 4.39 Å². The van der Waals surface area contributed by atoms with Crippen LogP contribution in [0.25, 0.3) is 0 Å². The normalized spacial score (nSPS) is 12.4. The molecular formula is C17H19BrFN. The molecule has 1 N–H and O–H groups in total. The van der Waals surface area contributed by atoms with E-state index in [1.54, 1.807) is 0 Å². The Morgan fingerprint density at radius 1 is 1.20 bits per heavy atom. The minimum atomic E-state index is -0.207. The van der Waals surface area contributed by atoms with Crippen LogP contribution in [0.2, 0.25) is 0 Å². The number of benzene rings is 2. The van der Waals surface area contributed by atoms with Gasteiger partial charge in [0.1, 0.15) is 5.82 Å². The zero-order valence-corrected chi connectivity index (χ0v) is 13.4. The van der Waals surface area contributed by atoms with E-state index in [4.69, 9.17) is 0 Å². The molecule has 1 nitrogen and oxygen atoms in total. The van der Waals surface area contributed by atoms with Crippen molar-refractivity contribution < 1.29 is 4.39 Å². The summed E-state index contributed by atoms with van der Waals surface area (Å²) in [4.78, 5) is 0. The van der Waals surface area contributed by atoms with Crippen LogP contribution in [0.1, 0.15) is 22.6 Å². The maximum Gasteiger partial charge on any atom is 0.124 e. The molecule has 0 aliphatic heterocycles. The summed E-state index contributed by atoms with van der Waals surface area (Å²) in [5, 5.41) is 3.26. The van der Waals surface area contributed by atoms with Gasteiger partial charge in [0, 0.05) is 16.9 Å². The molecule has 1 unspecified atom stereocenters. The first-order chi connectivity index (χ1) is 9.61. The fourth-order valence-electron chi connectivity index (χ4n) is 2.54. The molecule has 1 atom stereocenters. The average molecular weight is 336 g/mol. The molecule has 0 radical (unpaired) electrons. The zero-order valence-electron chi connectivity index (χ0n) is 11.8. The Labute approximate surface area is 128 Å². The highest BCUT2D eigenvalue weighted by Crippen LogP contribution is 2.27. The Bertz CT molecular complexity index is 583. The smallest absolute Gasteiger partial charge is 0.124 e. The van der Waals surface area contributed by atoms with E-state index in [1.165, 1.54) is 23.3 Å². The van der Waals surface area contributed by atoms with Crippen LogP contribution < -0.4 is 5.32 Å². The van der Waals surface area contributed by atoms with E-state index in [-0.39, 0.29) is 5.82 Å². The van der Waals surface area contributed by atoms with E-state index in [2.05, 4.69) is 52.4 Å². The lowest BCUT2D eigenvalue weighted by molar-refractivity contribution is 0.612. The third-order valence-electron chi connectivity index (χ3n) is 3.56. The zero-order chi connectivity index (χ0) is 14.5. The van der Waals surface area contributed by atoms with Crippen molar-refractivity contribution in [3.05, 3.63) is 69.4 Å². The fourth-order valence-corrected chi connectivity index (χ4v) is 3.05. The van der Waals surface area contributed by atoms with Gasteiger partial charge in [0.15, 0.2) is 0 Å². The summed E-state index contributed by atoms with van der Waals surface area (Å²) in [6, 6.07) is 13.4. The SMILES string of the molecule is CNCC(Cc1ccc(F)cc1Br)c1ccccc1C. The highest BCUT2D eigenvalue weighted by atomic mass is 79.9. The van der Waals surface area contributed by atoms with Crippen LogP contribution in [0.15, 0.2) is 46.9 Å². The molecule has 0 saturated carbocycles. The number of aryl methyl sites for hydroxylation is 1. The molecule has 0 aromatic heterocycles. The van der Waals surface area contributed by atoms with Gasteiger partial charge >= 0.3 is 0 Å². The number of nitrogens with one attached hydrogen (secondary N) is 1. The Morgan fingerprint density at radius 3 is 2.60 bits per heavy atom. The lowest BCUT2D eigenvalue weighted by atomic mass is 9.89. The van der Waals surface area contributed by atoms with Gasteiger partial charge in [-0.2, -0.15) is 0 Å². The predicted octanol–water partition coefficient (Wildman–Crippen LogP) is 4.44. The van der Waals surface area contributed by atoms with E-state index >= 15 is 0 Å². The van der Waals surface area contributed by atoms with Crippen molar-refractivity contribution in [1.29, 1.82) is 0 Å². The number of likely N-dealkylation sites (N-methyl/N-ethyl adjacent to an activating group) is 1. The van der Waals surface area contributed by atoms with E-state index < -0.39 is 0 Å².